The van der Waals surface area contributed by atoms with Crippen LogP contribution >= 0.6 is 0 Å². The number of nitrogens with one attached hydrogen (secondary N) is 3. The fraction of sp³-hybridized carbons (Fsp3) is 0.368. The molecule has 57 heavy (non-hydrogen) atoms. The Labute approximate surface area is 326 Å². The normalized spacial score (nSPS) is 12.2. The lowest BCUT2D eigenvalue weighted by Gasteiger charge is -2.31. The molecule has 306 valence electrons. The maximum atomic E-state index is 13.5. The number of rotatable bonds is 24. The zero-order chi connectivity index (χ0) is 42.1. The number of amides is 4. The summed E-state index contributed by atoms with van der Waals surface area (Å²) < 4.78 is 16.0. The summed E-state index contributed by atoms with van der Waals surface area (Å²) in [6, 6.07) is 9.87. The van der Waals surface area contributed by atoms with Crippen LogP contribution in [0.1, 0.15) is 83.6 Å². The maximum Gasteiger partial charge on any atom is 0.363 e. The second-order valence-corrected chi connectivity index (χ2v) is 12.4. The lowest BCUT2D eigenvalue weighted by Crippen LogP contribution is -2.49. The highest BCUT2D eigenvalue weighted by atomic mass is 16.7. The number of aliphatic carboxylic acids is 3. The monoisotopic (exact) mass is 796 g/mol. The number of methoxy groups -OCH3 is 1. The number of carbonyl (C=O) groups is 8. The van der Waals surface area contributed by atoms with E-state index in [1.54, 1.807) is 19.1 Å². The fourth-order valence-corrected chi connectivity index (χ4v) is 5.57. The van der Waals surface area contributed by atoms with Gasteiger partial charge in [-0.1, -0.05) is 39.2 Å². The summed E-state index contributed by atoms with van der Waals surface area (Å²) >= 11 is 0. The Morgan fingerprint density at radius 1 is 0.877 bits per heavy atom. The van der Waals surface area contributed by atoms with Crippen LogP contribution in [0.3, 0.4) is 0 Å². The molecular weight excluding hydrogens is 752 g/mol. The van der Waals surface area contributed by atoms with Gasteiger partial charge in [-0.2, -0.15) is 5.06 Å². The molecule has 0 saturated carbocycles. The van der Waals surface area contributed by atoms with Gasteiger partial charge >= 0.3 is 23.9 Å². The molecule has 0 aliphatic carbocycles. The van der Waals surface area contributed by atoms with Gasteiger partial charge in [-0.25, -0.2) is 14.4 Å². The van der Waals surface area contributed by atoms with Crippen molar-refractivity contribution in [1.82, 2.24) is 21.0 Å². The van der Waals surface area contributed by atoms with E-state index in [2.05, 4.69) is 16.0 Å². The Morgan fingerprint density at radius 3 is 2.19 bits per heavy atom. The molecule has 3 atom stereocenters. The molecule has 3 aromatic rings. The van der Waals surface area contributed by atoms with Crippen molar-refractivity contribution in [2.75, 3.05) is 20.4 Å². The van der Waals surface area contributed by atoms with Crippen LogP contribution in [-0.4, -0.2) is 101 Å². The van der Waals surface area contributed by atoms with Gasteiger partial charge in [0.15, 0.2) is 12.4 Å². The minimum absolute atomic E-state index is 0.0746. The van der Waals surface area contributed by atoms with E-state index in [9.17, 15) is 43.5 Å². The third-order valence-electron chi connectivity index (χ3n) is 8.47. The van der Waals surface area contributed by atoms with Gasteiger partial charge in [-0.05, 0) is 61.4 Å². The van der Waals surface area contributed by atoms with Crippen LogP contribution in [-0.2, 0) is 28.8 Å². The van der Waals surface area contributed by atoms with E-state index < -0.39 is 72.6 Å². The predicted octanol–water partition coefficient (Wildman–Crippen LogP) is 3.09. The van der Waals surface area contributed by atoms with Gasteiger partial charge in [-0.15, -0.1) is 0 Å². The quantitative estimate of drug-likeness (QED) is 0.0329. The zero-order valence-corrected chi connectivity index (χ0v) is 31.4. The number of unbranched alkanes of at least 4 members (excludes halogenated alkanes) is 2. The molecule has 0 aliphatic heterocycles. The summed E-state index contributed by atoms with van der Waals surface area (Å²) in [6.07, 6.45) is 2.30. The van der Waals surface area contributed by atoms with Crippen molar-refractivity contribution in [2.24, 2.45) is 5.92 Å². The zero-order valence-electron chi connectivity index (χ0n) is 31.4. The number of hydrogen-bond donors (Lipinski definition) is 6. The third kappa shape index (κ3) is 13.1. The van der Waals surface area contributed by atoms with Crippen LogP contribution in [0.5, 0.6) is 11.5 Å². The fourth-order valence-electron chi connectivity index (χ4n) is 5.57. The van der Waals surface area contributed by atoms with Crippen molar-refractivity contribution < 1.29 is 72.4 Å². The second kappa shape index (κ2) is 21.8. The number of hydrogen-bond acceptors (Lipinski definition) is 12. The number of carboxylic acids is 3. The standard InChI is InChI=1S/C38H44N4O15/c1-4-6-7-8-25(28(5-2)42(21-43)57-38(53)22-9-12-24(54-3)13-10-22)34(48)39-20-40-36(50)30-16-15-29(56-30)23-11-14-26(31(17-23)55-19-33(46)47)35(49)41-27(37(51)52)18-32(44)45/h9-17,21,25,27-28H,4-8,18-20H2,1-3H3,(H,39,48)(H,40,50)(H,41,49)(H,44,45)(H,46,47)(H,51,52). The van der Waals surface area contributed by atoms with E-state index >= 15 is 0 Å². The number of benzene rings is 2. The van der Waals surface area contributed by atoms with E-state index in [1.807, 2.05) is 6.92 Å². The highest BCUT2D eigenvalue weighted by Gasteiger charge is 2.34. The minimum atomic E-state index is -1.79. The smallest absolute Gasteiger partial charge is 0.363 e. The maximum absolute atomic E-state index is 13.5. The Kier molecular flexibility index (Phi) is 17.0. The summed E-state index contributed by atoms with van der Waals surface area (Å²) in [5.41, 5.74) is 0.0692. The second-order valence-electron chi connectivity index (χ2n) is 12.4. The lowest BCUT2D eigenvalue weighted by molar-refractivity contribution is -0.171. The van der Waals surface area contributed by atoms with Gasteiger partial charge < -0.3 is 50.0 Å². The molecule has 3 unspecified atom stereocenters. The average Bonchev–Trinajstić information content (AvgIpc) is 3.69. The van der Waals surface area contributed by atoms with Gasteiger partial charge in [0.2, 0.25) is 12.3 Å². The van der Waals surface area contributed by atoms with Crippen molar-refractivity contribution >= 4 is 48.0 Å². The average molecular weight is 797 g/mol. The highest BCUT2D eigenvalue weighted by Crippen LogP contribution is 2.29. The molecule has 0 spiro atoms. The predicted molar refractivity (Wildman–Crippen MR) is 197 cm³/mol. The van der Waals surface area contributed by atoms with Crippen LogP contribution in [0.15, 0.2) is 59.0 Å². The SMILES string of the molecule is CCCCCC(C(=O)NCNC(=O)c1ccc(-c2ccc(C(=O)NC(CC(=O)O)C(=O)O)c(OCC(=O)O)c2)o1)C(CC)N(C=O)OC(=O)c1ccc(OC)cc1. The van der Waals surface area contributed by atoms with Gasteiger partial charge in [0.25, 0.3) is 11.8 Å². The molecule has 6 N–H and O–H groups in total. The van der Waals surface area contributed by atoms with Crippen molar-refractivity contribution in [3.8, 4) is 22.8 Å². The molecule has 0 aliphatic rings. The third-order valence-corrected chi connectivity index (χ3v) is 8.47. The summed E-state index contributed by atoms with van der Waals surface area (Å²) in [5, 5.41) is 35.4. The molecule has 19 nitrogen and oxygen atoms in total. The highest BCUT2D eigenvalue weighted by molar-refractivity contribution is 6.00. The van der Waals surface area contributed by atoms with Crippen molar-refractivity contribution in [1.29, 1.82) is 0 Å². The lowest BCUT2D eigenvalue weighted by atomic mass is 9.90. The molecular formula is C38H44N4O15. The van der Waals surface area contributed by atoms with Crippen LogP contribution in [0.2, 0.25) is 0 Å². The largest absolute Gasteiger partial charge is 0.497 e. The Balaban J connectivity index is 1.72. The number of furan rings is 1. The molecule has 1 aromatic heterocycles. The summed E-state index contributed by atoms with van der Waals surface area (Å²) in [6.45, 7) is 2.48. The first-order chi connectivity index (χ1) is 27.2. The molecule has 4 amide bonds. The molecule has 0 radical (unpaired) electrons. The molecule has 2 aromatic carbocycles. The van der Waals surface area contributed by atoms with Crippen LogP contribution in [0.4, 0.5) is 0 Å². The number of carboxylic acid groups (broad SMARTS) is 3. The van der Waals surface area contributed by atoms with E-state index in [0.717, 1.165) is 17.9 Å². The van der Waals surface area contributed by atoms with Gasteiger partial charge in [0, 0.05) is 5.56 Å². The number of hydroxylamine groups is 2. The first kappa shape index (κ1) is 44.5. The molecule has 19 heteroatoms. The summed E-state index contributed by atoms with van der Waals surface area (Å²) in [5.74, 6) is -8.34. The molecule has 0 bridgehead atoms. The minimum Gasteiger partial charge on any atom is -0.497 e. The molecule has 1 heterocycles. The van der Waals surface area contributed by atoms with E-state index in [0.29, 0.717) is 25.0 Å². The number of nitrogens with zero attached hydrogens (tertiary/aromatic N) is 1. The number of ether oxygens (including phenoxy) is 2. The van der Waals surface area contributed by atoms with Gasteiger partial charge in [0.1, 0.15) is 23.3 Å². The van der Waals surface area contributed by atoms with Gasteiger partial charge in [-0.3, -0.25) is 24.0 Å². The summed E-state index contributed by atoms with van der Waals surface area (Å²) in [7, 11) is 1.47. The van der Waals surface area contributed by atoms with Gasteiger partial charge in [0.05, 0.1) is 43.3 Å². The van der Waals surface area contributed by atoms with Crippen LogP contribution < -0.4 is 25.4 Å². The van der Waals surface area contributed by atoms with E-state index in [4.69, 9.17) is 28.9 Å². The Morgan fingerprint density at radius 2 is 1.60 bits per heavy atom. The Bertz CT molecular complexity index is 1910. The van der Waals surface area contributed by atoms with Crippen molar-refractivity contribution in [3.63, 3.8) is 0 Å². The van der Waals surface area contributed by atoms with Crippen LogP contribution in [0.25, 0.3) is 11.3 Å². The van der Waals surface area contributed by atoms with Crippen LogP contribution in [0, 0.1) is 5.92 Å². The summed E-state index contributed by atoms with van der Waals surface area (Å²) in [4.78, 5) is 104. The molecule has 3 rings (SSSR count). The molecule has 0 fully saturated rings. The Hall–Kier alpha value is -6.92. The number of carbonyl (C=O) groups excluding carboxylic acids is 5. The topological polar surface area (TPSA) is 277 Å². The molecule has 0 saturated heterocycles. The first-order valence-corrected chi connectivity index (χ1v) is 17.7. The van der Waals surface area contributed by atoms with E-state index in [1.165, 1.54) is 49.6 Å². The van der Waals surface area contributed by atoms with Crippen molar-refractivity contribution in [3.05, 3.63) is 71.5 Å². The van der Waals surface area contributed by atoms with E-state index in [-0.39, 0.29) is 47.0 Å². The first-order valence-electron chi connectivity index (χ1n) is 17.7. The van der Waals surface area contributed by atoms with Crippen molar-refractivity contribution in [2.45, 2.75) is 64.5 Å².